The number of benzene rings is 1. The molecule has 0 aliphatic heterocycles. The third kappa shape index (κ3) is 2.09. The van der Waals surface area contributed by atoms with Gasteiger partial charge in [-0.1, -0.05) is 12.1 Å². The molecule has 0 aliphatic rings. The molecule has 3 nitrogen and oxygen atoms in total. The summed E-state index contributed by atoms with van der Waals surface area (Å²) in [5, 5.41) is 0. The molecule has 0 spiro atoms. The molecule has 1 heterocycles. The first-order valence-electron chi connectivity index (χ1n) is 5.44. The van der Waals surface area contributed by atoms with Crippen molar-refractivity contribution in [3.63, 3.8) is 0 Å². The molecule has 0 saturated carbocycles. The Morgan fingerprint density at radius 2 is 2.06 bits per heavy atom. The third-order valence-electron chi connectivity index (χ3n) is 2.64. The normalized spacial score (nSPS) is 10.2. The van der Waals surface area contributed by atoms with Gasteiger partial charge in [0.1, 0.15) is 11.6 Å². The van der Waals surface area contributed by atoms with Gasteiger partial charge in [-0.3, -0.25) is 4.79 Å². The average molecular weight is 245 g/mol. The Labute approximate surface area is 104 Å². The topological polar surface area (TPSA) is 39.2 Å². The number of pyridine rings is 1. The monoisotopic (exact) mass is 245 g/mol. The van der Waals surface area contributed by atoms with Gasteiger partial charge in [0.25, 0.3) is 0 Å². The van der Waals surface area contributed by atoms with Crippen molar-refractivity contribution >= 4 is 5.78 Å². The first-order valence-corrected chi connectivity index (χ1v) is 5.44. The van der Waals surface area contributed by atoms with Crippen LogP contribution >= 0.6 is 0 Å². The zero-order chi connectivity index (χ0) is 13.1. The van der Waals surface area contributed by atoms with E-state index in [2.05, 4.69) is 4.98 Å². The van der Waals surface area contributed by atoms with Gasteiger partial charge in [-0.25, -0.2) is 9.37 Å². The molecule has 0 radical (unpaired) electrons. The molecule has 0 saturated heterocycles. The van der Waals surface area contributed by atoms with E-state index in [9.17, 15) is 9.18 Å². The van der Waals surface area contributed by atoms with Gasteiger partial charge < -0.3 is 4.74 Å². The van der Waals surface area contributed by atoms with Crippen molar-refractivity contribution < 1.29 is 13.9 Å². The minimum absolute atomic E-state index is 0.00648. The minimum Gasteiger partial charge on any atom is -0.494 e. The summed E-state index contributed by atoms with van der Waals surface area (Å²) in [6.07, 6.45) is 1.48. The molecule has 0 amide bonds. The van der Waals surface area contributed by atoms with Crippen LogP contribution in [0.1, 0.15) is 21.6 Å². The van der Waals surface area contributed by atoms with E-state index < -0.39 is 11.6 Å². The number of nitrogens with zero attached hydrogens (tertiary/aromatic N) is 1. The van der Waals surface area contributed by atoms with E-state index in [4.69, 9.17) is 4.74 Å². The van der Waals surface area contributed by atoms with Gasteiger partial charge >= 0.3 is 0 Å². The van der Waals surface area contributed by atoms with Crippen LogP contribution in [0.3, 0.4) is 0 Å². The van der Waals surface area contributed by atoms with E-state index in [1.807, 2.05) is 0 Å². The predicted octanol–water partition coefficient (Wildman–Crippen LogP) is 2.77. The van der Waals surface area contributed by atoms with Gasteiger partial charge in [0.15, 0.2) is 5.69 Å². The van der Waals surface area contributed by atoms with Crippen molar-refractivity contribution in [2.75, 3.05) is 7.11 Å². The first kappa shape index (κ1) is 12.2. The lowest BCUT2D eigenvalue weighted by Gasteiger charge is -2.07. The highest BCUT2D eigenvalue weighted by molar-refractivity contribution is 6.09. The highest BCUT2D eigenvalue weighted by Gasteiger charge is 2.19. The van der Waals surface area contributed by atoms with Gasteiger partial charge in [0.2, 0.25) is 5.78 Å². The van der Waals surface area contributed by atoms with Crippen LogP contribution in [0.25, 0.3) is 0 Å². The maximum atomic E-state index is 13.9. The molecule has 0 unspecified atom stereocenters. The van der Waals surface area contributed by atoms with Gasteiger partial charge in [0.05, 0.1) is 12.7 Å². The van der Waals surface area contributed by atoms with Crippen molar-refractivity contribution in [3.05, 3.63) is 59.2 Å². The standard InChI is InChI=1S/C14H12FNO2/c1-9-5-3-6-10(12(9)15)14(17)13-11(18-2)7-4-8-16-13/h3-8H,1-2H3. The Balaban J connectivity index is 2.52. The van der Waals surface area contributed by atoms with E-state index in [0.29, 0.717) is 11.3 Å². The fraction of sp³-hybridized carbons (Fsp3) is 0.143. The second-order valence-electron chi connectivity index (χ2n) is 3.82. The van der Waals surface area contributed by atoms with Crippen LogP contribution in [-0.4, -0.2) is 17.9 Å². The quantitative estimate of drug-likeness (QED) is 0.780. The molecule has 0 atom stereocenters. The summed E-state index contributed by atoms with van der Waals surface area (Å²) in [4.78, 5) is 16.2. The van der Waals surface area contributed by atoms with Gasteiger partial charge in [-0.05, 0) is 30.7 Å². The number of halogens is 1. The number of rotatable bonds is 3. The van der Waals surface area contributed by atoms with Crippen LogP contribution < -0.4 is 4.74 Å². The summed E-state index contributed by atoms with van der Waals surface area (Å²) in [6, 6.07) is 7.97. The average Bonchev–Trinajstić information content (AvgIpc) is 2.41. The molecule has 0 N–H and O–H groups in total. The Morgan fingerprint density at radius 3 is 2.78 bits per heavy atom. The molecule has 18 heavy (non-hydrogen) atoms. The summed E-state index contributed by atoms with van der Waals surface area (Å²) in [5.41, 5.74) is 0.548. The summed E-state index contributed by atoms with van der Waals surface area (Å²) >= 11 is 0. The second-order valence-corrected chi connectivity index (χ2v) is 3.82. The summed E-state index contributed by atoms with van der Waals surface area (Å²) in [6.45, 7) is 1.61. The lowest BCUT2D eigenvalue weighted by Crippen LogP contribution is -2.09. The number of aromatic nitrogens is 1. The number of ether oxygens (including phenoxy) is 1. The zero-order valence-electron chi connectivity index (χ0n) is 10.1. The summed E-state index contributed by atoms with van der Waals surface area (Å²) in [7, 11) is 1.44. The van der Waals surface area contributed by atoms with Crippen LogP contribution in [0.5, 0.6) is 5.75 Å². The van der Waals surface area contributed by atoms with Crippen LogP contribution in [0.4, 0.5) is 4.39 Å². The lowest BCUT2D eigenvalue weighted by atomic mass is 10.0. The smallest absolute Gasteiger partial charge is 0.218 e. The Bertz CT molecular complexity index is 596. The number of carbonyl (C=O) groups is 1. The Morgan fingerprint density at radius 1 is 1.28 bits per heavy atom. The van der Waals surface area contributed by atoms with Crippen molar-refractivity contribution in [2.24, 2.45) is 0 Å². The number of hydrogen-bond acceptors (Lipinski definition) is 3. The van der Waals surface area contributed by atoms with Crippen molar-refractivity contribution in [3.8, 4) is 5.75 Å². The Kier molecular flexibility index (Phi) is 3.37. The van der Waals surface area contributed by atoms with E-state index in [1.165, 1.54) is 19.4 Å². The molecule has 4 heteroatoms. The molecule has 0 fully saturated rings. The molecule has 1 aromatic carbocycles. The zero-order valence-corrected chi connectivity index (χ0v) is 10.1. The van der Waals surface area contributed by atoms with Crippen molar-refractivity contribution in [2.45, 2.75) is 6.92 Å². The van der Waals surface area contributed by atoms with Gasteiger partial charge in [-0.15, -0.1) is 0 Å². The van der Waals surface area contributed by atoms with E-state index >= 15 is 0 Å². The van der Waals surface area contributed by atoms with Crippen molar-refractivity contribution in [1.82, 2.24) is 4.98 Å². The first-order chi connectivity index (χ1) is 8.65. The second kappa shape index (κ2) is 4.96. The number of hydrogen-bond donors (Lipinski definition) is 0. The van der Waals surface area contributed by atoms with Crippen LogP contribution in [-0.2, 0) is 0 Å². The van der Waals surface area contributed by atoms with E-state index in [0.717, 1.165) is 0 Å². The van der Waals surface area contributed by atoms with E-state index in [-0.39, 0.29) is 11.3 Å². The van der Waals surface area contributed by atoms with E-state index in [1.54, 1.807) is 31.2 Å². The SMILES string of the molecule is COc1cccnc1C(=O)c1cccc(C)c1F. The maximum absolute atomic E-state index is 13.9. The molecular weight excluding hydrogens is 233 g/mol. The summed E-state index contributed by atoms with van der Waals surface area (Å²) in [5.74, 6) is -0.660. The minimum atomic E-state index is -0.518. The fourth-order valence-corrected chi connectivity index (χ4v) is 1.68. The highest BCUT2D eigenvalue weighted by Crippen LogP contribution is 2.21. The van der Waals surface area contributed by atoms with Gasteiger partial charge in [0, 0.05) is 6.20 Å². The van der Waals surface area contributed by atoms with Crippen molar-refractivity contribution in [1.29, 1.82) is 0 Å². The number of carbonyl (C=O) groups excluding carboxylic acids is 1. The molecule has 92 valence electrons. The Hall–Kier alpha value is -2.23. The highest BCUT2D eigenvalue weighted by atomic mass is 19.1. The molecule has 2 rings (SSSR count). The molecular formula is C14H12FNO2. The molecule has 0 aliphatic carbocycles. The lowest BCUT2D eigenvalue weighted by molar-refractivity contribution is 0.102. The largest absolute Gasteiger partial charge is 0.494 e. The number of aryl methyl sites for hydroxylation is 1. The number of methoxy groups -OCH3 is 1. The predicted molar refractivity (Wildman–Crippen MR) is 65.4 cm³/mol. The molecule has 0 bridgehead atoms. The van der Waals surface area contributed by atoms with Crippen LogP contribution in [0.15, 0.2) is 36.5 Å². The molecule has 2 aromatic rings. The maximum Gasteiger partial charge on any atom is 0.218 e. The fourth-order valence-electron chi connectivity index (χ4n) is 1.68. The molecule has 1 aromatic heterocycles. The number of ketones is 1. The van der Waals surface area contributed by atoms with Gasteiger partial charge in [-0.2, -0.15) is 0 Å². The van der Waals surface area contributed by atoms with Crippen LogP contribution in [0, 0.1) is 12.7 Å². The summed E-state index contributed by atoms with van der Waals surface area (Å²) < 4.78 is 18.9. The van der Waals surface area contributed by atoms with Crippen LogP contribution in [0.2, 0.25) is 0 Å². The third-order valence-corrected chi connectivity index (χ3v) is 2.64.